The first kappa shape index (κ1) is 11.9. The first-order chi connectivity index (χ1) is 7.39. The van der Waals surface area contributed by atoms with Crippen molar-refractivity contribution in [1.29, 1.82) is 0 Å². The molecule has 0 spiro atoms. The number of nitrogens with two attached hydrogens (primary N) is 1. The van der Waals surface area contributed by atoms with Crippen molar-refractivity contribution in [3.05, 3.63) is 0 Å². The van der Waals surface area contributed by atoms with Gasteiger partial charge in [-0.15, -0.1) is 0 Å². The Kier molecular flexibility index (Phi) is 2.96. The molecular formula is C10H18N2O3S. The maximum absolute atomic E-state index is 11.6. The van der Waals surface area contributed by atoms with Crippen molar-refractivity contribution in [3.63, 3.8) is 0 Å². The Balaban J connectivity index is 1.76. The Bertz CT molecular complexity index is 373. The van der Waals surface area contributed by atoms with E-state index in [1.54, 1.807) is 0 Å². The lowest BCUT2D eigenvalue weighted by Crippen LogP contribution is -2.43. The van der Waals surface area contributed by atoms with E-state index in [0.717, 1.165) is 12.8 Å². The highest BCUT2D eigenvalue weighted by Crippen LogP contribution is 2.35. The van der Waals surface area contributed by atoms with Crippen molar-refractivity contribution in [1.82, 2.24) is 5.32 Å². The summed E-state index contributed by atoms with van der Waals surface area (Å²) >= 11 is 0. The molecule has 92 valence electrons. The fraction of sp³-hybridized carbons (Fsp3) is 0.900. The summed E-state index contributed by atoms with van der Waals surface area (Å²) in [7, 11) is -2.85. The summed E-state index contributed by atoms with van der Waals surface area (Å²) in [5.74, 6) is 0.335. The Labute approximate surface area is 95.7 Å². The second-order valence-electron chi connectivity index (χ2n) is 5.03. The van der Waals surface area contributed by atoms with Crippen LogP contribution < -0.4 is 11.1 Å². The largest absolute Gasteiger partial charge is 0.353 e. The highest BCUT2D eigenvalue weighted by molar-refractivity contribution is 7.91. The molecule has 2 aliphatic rings. The maximum Gasteiger partial charge on any atom is 0.222 e. The summed E-state index contributed by atoms with van der Waals surface area (Å²) in [6.45, 7) is 0. The Hall–Kier alpha value is -0.620. The van der Waals surface area contributed by atoms with E-state index in [-0.39, 0.29) is 29.0 Å². The minimum atomic E-state index is -2.85. The third-order valence-electron chi connectivity index (χ3n) is 3.32. The van der Waals surface area contributed by atoms with Crippen molar-refractivity contribution in [2.75, 3.05) is 11.5 Å². The Morgan fingerprint density at radius 1 is 1.31 bits per heavy atom. The zero-order valence-corrected chi connectivity index (χ0v) is 10.1. The van der Waals surface area contributed by atoms with Crippen LogP contribution in [0, 0.1) is 0 Å². The van der Waals surface area contributed by atoms with E-state index in [1.807, 2.05) is 0 Å². The summed E-state index contributed by atoms with van der Waals surface area (Å²) in [5, 5.41) is 2.87. The van der Waals surface area contributed by atoms with E-state index in [4.69, 9.17) is 5.73 Å². The number of rotatable bonds is 3. The summed E-state index contributed by atoms with van der Waals surface area (Å²) < 4.78 is 22.4. The number of hydrogen-bond acceptors (Lipinski definition) is 4. The molecule has 2 fully saturated rings. The standard InChI is InChI=1S/C10H18N2O3S/c11-10(3-4-10)7-9(13)12-8-1-5-16(14,15)6-2-8/h8H,1-7,11H2,(H,12,13). The topological polar surface area (TPSA) is 89.3 Å². The lowest BCUT2D eigenvalue weighted by atomic mass is 10.1. The van der Waals surface area contributed by atoms with Crippen LogP contribution >= 0.6 is 0 Å². The minimum Gasteiger partial charge on any atom is -0.353 e. The molecule has 0 aromatic rings. The number of hydrogen-bond donors (Lipinski definition) is 2. The van der Waals surface area contributed by atoms with Crippen molar-refractivity contribution in [3.8, 4) is 0 Å². The molecule has 3 N–H and O–H groups in total. The lowest BCUT2D eigenvalue weighted by Gasteiger charge is -2.23. The average Bonchev–Trinajstić information content (AvgIpc) is 2.87. The fourth-order valence-corrected chi connectivity index (χ4v) is 3.46. The van der Waals surface area contributed by atoms with Crippen LogP contribution in [0.3, 0.4) is 0 Å². The summed E-state index contributed by atoms with van der Waals surface area (Å²) in [6, 6.07) is 0.0124. The molecule has 0 aromatic heterocycles. The van der Waals surface area contributed by atoms with Crippen molar-refractivity contribution in [2.24, 2.45) is 5.73 Å². The third kappa shape index (κ3) is 3.18. The molecule has 0 atom stereocenters. The molecule has 5 nitrogen and oxygen atoms in total. The molecule has 1 amide bonds. The Morgan fingerprint density at radius 2 is 1.88 bits per heavy atom. The van der Waals surface area contributed by atoms with Crippen LogP contribution in [0.1, 0.15) is 32.1 Å². The van der Waals surface area contributed by atoms with Gasteiger partial charge in [0.2, 0.25) is 5.91 Å². The fourth-order valence-electron chi connectivity index (χ4n) is 1.97. The average molecular weight is 246 g/mol. The van der Waals surface area contributed by atoms with E-state index >= 15 is 0 Å². The van der Waals surface area contributed by atoms with Gasteiger partial charge in [0.05, 0.1) is 11.5 Å². The van der Waals surface area contributed by atoms with Crippen LogP contribution in [-0.4, -0.2) is 37.4 Å². The van der Waals surface area contributed by atoms with Crippen LogP contribution in [-0.2, 0) is 14.6 Å². The van der Waals surface area contributed by atoms with Gasteiger partial charge in [-0.25, -0.2) is 8.42 Å². The van der Waals surface area contributed by atoms with Gasteiger partial charge in [0.25, 0.3) is 0 Å². The van der Waals surface area contributed by atoms with Crippen molar-refractivity contribution in [2.45, 2.75) is 43.7 Å². The van der Waals surface area contributed by atoms with E-state index < -0.39 is 9.84 Å². The minimum absolute atomic E-state index is 0.0124. The smallest absolute Gasteiger partial charge is 0.222 e. The van der Waals surface area contributed by atoms with E-state index in [0.29, 0.717) is 19.3 Å². The number of sulfone groups is 1. The van der Waals surface area contributed by atoms with Gasteiger partial charge >= 0.3 is 0 Å². The lowest BCUT2D eigenvalue weighted by molar-refractivity contribution is -0.122. The number of nitrogens with one attached hydrogen (secondary N) is 1. The van der Waals surface area contributed by atoms with Gasteiger partial charge in [-0.2, -0.15) is 0 Å². The second-order valence-corrected chi connectivity index (χ2v) is 7.34. The summed E-state index contributed by atoms with van der Waals surface area (Å²) in [6.07, 6.45) is 3.27. The summed E-state index contributed by atoms with van der Waals surface area (Å²) in [4.78, 5) is 11.6. The number of amides is 1. The molecule has 0 bridgehead atoms. The molecule has 2 rings (SSSR count). The van der Waals surface area contributed by atoms with Gasteiger partial charge < -0.3 is 11.1 Å². The second kappa shape index (κ2) is 4.00. The van der Waals surface area contributed by atoms with E-state index in [1.165, 1.54) is 0 Å². The molecule has 1 saturated carbocycles. The van der Waals surface area contributed by atoms with Gasteiger partial charge in [-0.05, 0) is 25.7 Å². The van der Waals surface area contributed by atoms with Crippen molar-refractivity contribution >= 4 is 15.7 Å². The molecular weight excluding hydrogens is 228 g/mol. The van der Waals surface area contributed by atoms with Crippen LogP contribution in [0.15, 0.2) is 0 Å². The van der Waals surface area contributed by atoms with Crippen LogP contribution in [0.2, 0.25) is 0 Å². The quantitative estimate of drug-likeness (QED) is 0.706. The molecule has 1 aliphatic heterocycles. The van der Waals surface area contributed by atoms with Gasteiger partial charge in [0.15, 0.2) is 0 Å². The molecule has 0 radical (unpaired) electrons. The zero-order valence-electron chi connectivity index (χ0n) is 9.24. The normalized spacial score (nSPS) is 27.3. The molecule has 1 heterocycles. The highest BCUT2D eigenvalue weighted by Gasteiger charge is 2.40. The van der Waals surface area contributed by atoms with Gasteiger partial charge in [0.1, 0.15) is 9.84 Å². The first-order valence-electron chi connectivity index (χ1n) is 5.67. The first-order valence-corrected chi connectivity index (χ1v) is 7.49. The van der Waals surface area contributed by atoms with Crippen LogP contribution in [0.25, 0.3) is 0 Å². The zero-order chi connectivity index (χ0) is 11.8. The van der Waals surface area contributed by atoms with Gasteiger partial charge in [-0.3, -0.25) is 4.79 Å². The molecule has 16 heavy (non-hydrogen) atoms. The third-order valence-corrected chi connectivity index (χ3v) is 5.04. The molecule has 6 heteroatoms. The van der Waals surface area contributed by atoms with Crippen molar-refractivity contribution < 1.29 is 13.2 Å². The van der Waals surface area contributed by atoms with Gasteiger partial charge in [0, 0.05) is 18.0 Å². The summed E-state index contributed by atoms with van der Waals surface area (Å²) in [5.41, 5.74) is 5.57. The monoisotopic (exact) mass is 246 g/mol. The highest BCUT2D eigenvalue weighted by atomic mass is 32.2. The molecule has 1 saturated heterocycles. The Morgan fingerprint density at radius 3 is 2.38 bits per heavy atom. The van der Waals surface area contributed by atoms with E-state index in [2.05, 4.69) is 5.32 Å². The van der Waals surface area contributed by atoms with Crippen LogP contribution in [0.5, 0.6) is 0 Å². The van der Waals surface area contributed by atoms with E-state index in [9.17, 15) is 13.2 Å². The molecule has 1 aliphatic carbocycles. The predicted octanol–water partition coefficient (Wildman–Crippen LogP) is -0.439. The van der Waals surface area contributed by atoms with Crippen LogP contribution in [0.4, 0.5) is 0 Å². The number of carbonyl (C=O) groups excluding carboxylic acids is 1. The predicted molar refractivity (Wildman–Crippen MR) is 60.6 cm³/mol. The SMILES string of the molecule is NC1(CC(=O)NC2CCS(=O)(=O)CC2)CC1. The molecule has 0 aromatic carbocycles. The molecule has 0 unspecified atom stereocenters. The van der Waals surface area contributed by atoms with Gasteiger partial charge in [-0.1, -0.05) is 0 Å². The maximum atomic E-state index is 11.6. The number of carbonyl (C=O) groups is 1.